The number of allylic oxidation sites excluding steroid dienone is 12. The number of unbranched alkanes of at least 4 members (excludes halogenated alkanes) is 26. The monoisotopic (exact) mass is 1000 g/mol. The van der Waals surface area contributed by atoms with Crippen LogP contribution in [0.1, 0.15) is 245 Å². The molecule has 0 aliphatic carbocycles. The molecule has 0 aromatic heterocycles. The van der Waals surface area contributed by atoms with Crippen LogP contribution in [0.5, 0.6) is 0 Å². The first kappa shape index (κ1) is 67.5. The molecule has 0 bridgehead atoms. The minimum absolute atomic E-state index is 0.0376. The lowest BCUT2D eigenvalue weighted by atomic mass is 10.0. The molecule has 10 heteroatoms. The molecular formula is C60H108NO8P. The first-order valence-corrected chi connectivity index (χ1v) is 30.1. The summed E-state index contributed by atoms with van der Waals surface area (Å²) in [6.07, 6.45) is 66.6. The number of quaternary nitrogens is 1. The van der Waals surface area contributed by atoms with E-state index >= 15 is 0 Å². The van der Waals surface area contributed by atoms with E-state index in [1.807, 2.05) is 21.1 Å². The number of hydrogen-bond donors (Lipinski definition) is 0. The highest BCUT2D eigenvalue weighted by molar-refractivity contribution is 7.45. The van der Waals surface area contributed by atoms with Crippen LogP contribution in [0.15, 0.2) is 72.9 Å². The van der Waals surface area contributed by atoms with Crippen LogP contribution in [0.25, 0.3) is 0 Å². The summed E-state index contributed by atoms with van der Waals surface area (Å²) in [6.45, 7) is 4.12. The third-order valence-corrected chi connectivity index (χ3v) is 13.2. The lowest BCUT2D eigenvalue weighted by molar-refractivity contribution is -0.870. The molecule has 0 radical (unpaired) electrons. The van der Waals surface area contributed by atoms with E-state index in [-0.39, 0.29) is 32.0 Å². The summed E-state index contributed by atoms with van der Waals surface area (Å²) in [7, 11) is 1.15. The van der Waals surface area contributed by atoms with Crippen molar-refractivity contribution in [3.8, 4) is 0 Å². The van der Waals surface area contributed by atoms with E-state index in [0.29, 0.717) is 17.4 Å². The van der Waals surface area contributed by atoms with Gasteiger partial charge in [0.1, 0.15) is 19.8 Å². The van der Waals surface area contributed by atoms with Crippen molar-refractivity contribution in [2.75, 3.05) is 47.5 Å². The van der Waals surface area contributed by atoms with Crippen LogP contribution in [0.2, 0.25) is 0 Å². The fraction of sp³-hybridized carbons (Fsp3) is 0.767. The molecule has 2 unspecified atom stereocenters. The molecule has 0 rings (SSSR count). The zero-order chi connectivity index (χ0) is 51.3. The zero-order valence-corrected chi connectivity index (χ0v) is 46.8. The van der Waals surface area contributed by atoms with E-state index in [2.05, 4.69) is 86.8 Å². The molecule has 0 spiro atoms. The largest absolute Gasteiger partial charge is 0.756 e. The van der Waals surface area contributed by atoms with Crippen molar-refractivity contribution in [2.24, 2.45) is 0 Å². The Hall–Kier alpha value is -2.55. The summed E-state index contributed by atoms with van der Waals surface area (Å²) in [4.78, 5) is 37.8. The predicted molar refractivity (Wildman–Crippen MR) is 296 cm³/mol. The van der Waals surface area contributed by atoms with Crippen LogP contribution in [-0.2, 0) is 32.7 Å². The van der Waals surface area contributed by atoms with E-state index in [1.54, 1.807) is 0 Å². The zero-order valence-electron chi connectivity index (χ0n) is 46.0. The van der Waals surface area contributed by atoms with Crippen molar-refractivity contribution in [2.45, 2.75) is 251 Å². The van der Waals surface area contributed by atoms with E-state index in [0.717, 1.165) is 83.5 Å². The number of nitrogens with zero attached hydrogens (tertiary/aromatic N) is 1. The van der Waals surface area contributed by atoms with Gasteiger partial charge in [-0.3, -0.25) is 14.2 Å². The van der Waals surface area contributed by atoms with Gasteiger partial charge in [0.25, 0.3) is 7.82 Å². The van der Waals surface area contributed by atoms with Crippen molar-refractivity contribution >= 4 is 19.8 Å². The number of carbonyl (C=O) groups excluding carboxylic acids is 2. The minimum Gasteiger partial charge on any atom is -0.756 e. The van der Waals surface area contributed by atoms with Gasteiger partial charge in [-0.25, -0.2) is 0 Å². The van der Waals surface area contributed by atoms with Gasteiger partial charge >= 0.3 is 11.9 Å². The number of esters is 2. The Morgan fingerprint density at radius 2 is 0.814 bits per heavy atom. The SMILES string of the molecule is CC/C=C\C/C=C\C/C=C\C/C=C\C/C=C\CCCCCCCC(=O)OC(COC(=O)CCCCCCCCCCCCCCC/C=C\CCCCCCCCCC)COP(=O)([O-])OCC[N+](C)(C)C. The first-order chi connectivity index (χ1) is 34.0. The van der Waals surface area contributed by atoms with Gasteiger partial charge in [-0.1, -0.05) is 222 Å². The average Bonchev–Trinajstić information content (AvgIpc) is 3.32. The van der Waals surface area contributed by atoms with Crippen molar-refractivity contribution < 1.29 is 42.1 Å². The number of likely N-dealkylation sites (N-methyl/N-ethyl adjacent to an activating group) is 1. The maximum absolute atomic E-state index is 12.8. The lowest BCUT2D eigenvalue weighted by Crippen LogP contribution is -2.37. The molecular weight excluding hydrogens is 894 g/mol. The van der Waals surface area contributed by atoms with E-state index in [9.17, 15) is 19.0 Å². The molecule has 0 saturated carbocycles. The number of phosphoric acid groups is 1. The molecule has 9 nitrogen and oxygen atoms in total. The van der Waals surface area contributed by atoms with Crippen molar-refractivity contribution in [3.05, 3.63) is 72.9 Å². The number of ether oxygens (including phenoxy) is 2. The Morgan fingerprint density at radius 1 is 0.457 bits per heavy atom. The highest BCUT2D eigenvalue weighted by atomic mass is 31.2. The van der Waals surface area contributed by atoms with Gasteiger partial charge in [0.15, 0.2) is 6.10 Å². The van der Waals surface area contributed by atoms with Gasteiger partial charge < -0.3 is 27.9 Å². The number of hydrogen-bond acceptors (Lipinski definition) is 8. The van der Waals surface area contributed by atoms with Crippen LogP contribution in [0.3, 0.4) is 0 Å². The number of carbonyl (C=O) groups is 2. The van der Waals surface area contributed by atoms with E-state index < -0.39 is 26.5 Å². The number of rotatable bonds is 52. The molecule has 0 aromatic carbocycles. The normalized spacial score (nSPS) is 13.9. The second kappa shape index (κ2) is 51.4. The molecule has 70 heavy (non-hydrogen) atoms. The maximum atomic E-state index is 12.8. The average molecular weight is 1000 g/mol. The fourth-order valence-corrected chi connectivity index (χ4v) is 8.52. The smallest absolute Gasteiger partial charge is 0.306 e. The molecule has 0 N–H and O–H groups in total. The quantitative estimate of drug-likeness (QED) is 0.0195. The summed E-state index contributed by atoms with van der Waals surface area (Å²) in [5.74, 6) is -0.853. The van der Waals surface area contributed by atoms with Crippen molar-refractivity contribution in [3.63, 3.8) is 0 Å². The molecule has 0 amide bonds. The summed E-state index contributed by atoms with van der Waals surface area (Å²) in [5, 5.41) is 0. The predicted octanol–water partition coefficient (Wildman–Crippen LogP) is 17.1. The van der Waals surface area contributed by atoms with Gasteiger partial charge in [-0.05, 0) is 83.5 Å². The highest BCUT2D eigenvalue weighted by Crippen LogP contribution is 2.38. The van der Waals surface area contributed by atoms with Gasteiger partial charge in [0.05, 0.1) is 27.7 Å². The first-order valence-electron chi connectivity index (χ1n) is 28.6. The Balaban J connectivity index is 4.20. The Morgan fingerprint density at radius 3 is 1.23 bits per heavy atom. The summed E-state index contributed by atoms with van der Waals surface area (Å²) in [5.41, 5.74) is 0. The van der Waals surface area contributed by atoms with Crippen LogP contribution in [-0.4, -0.2) is 70.0 Å². The number of phosphoric ester groups is 1. The second-order valence-electron chi connectivity index (χ2n) is 20.3. The standard InChI is InChI=1S/C60H108NO8P/c1-6-8-10-12-14-16-18-20-22-24-26-28-29-30-31-33-34-36-38-40-42-44-46-48-50-52-59(62)66-56-58(57-68-70(64,65)67-55-54-61(3,4)5)69-60(63)53-51-49-47-45-43-41-39-37-35-32-27-25-23-21-19-17-15-13-11-9-7-2/h9,11,15,17,21,23-24,26-27,32,37,39,58H,6-8,10,12-14,16,18-20,22,25,28-31,33-36,38,40-57H2,1-5H3/b11-9-,17-15-,23-21-,26-24-,32-27-,39-37-. The van der Waals surface area contributed by atoms with Crippen LogP contribution in [0.4, 0.5) is 0 Å². The van der Waals surface area contributed by atoms with Crippen LogP contribution < -0.4 is 4.89 Å². The van der Waals surface area contributed by atoms with Crippen molar-refractivity contribution in [1.82, 2.24) is 0 Å². The molecule has 406 valence electrons. The molecule has 0 fully saturated rings. The van der Waals surface area contributed by atoms with Gasteiger partial charge in [0.2, 0.25) is 0 Å². The molecule has 2 atom stereocenters. The molecule has 0 aliphatic rings. The highest BCUT2D eigenvalue weighted by Gasteiger charge is 2.21. The van der Waals surface area contributed by atoms with Gasteiger partial charge in [0, 0.05) is 12.8 Å². The second-order valence-corrected chi connectivity index (χ2v) is 21.7. The third-order valence-electron chi connectivity index (χ3n) is 12.2. The Kier molecular flexibility index (Phi) is 49.5. The third kappa shape index (κ3) is 54.8. The van der Waals surface area contributed by atoms with E-state index in [4.69, 9.17) is 18.5 Å². The molecule has 0 aliphatic heterocycles. The van der Waals surface area contributed by atoms with Crippen LogP contribution >= 0.6 is 7.82 Å². The summed E-state index contributed by atoms with van der Waals surface area (Å²) in [6, 6.07) is 0. The van der Waals surface area contributed by atoms with Gasteiger partial charge in [-0.15, -0.1) is 0 Å². The Labute approximate surface area is 431 Å². The van der Waals surface area contributed by atoms with Crippen LogP contribution in [0, 0.1) is 0 Å². The molecule has 0 aromatic rings. The minimum atomic E-state index is -4.64. The molecule has 0 heterocycles. The topological polar surface area (TPSA) is 111 Å². The lowest BCUT2D eigenvalue weighted by Gasteiger charge is -2.28. The molecule has 0 saturated heterocycles. The summed E-state index contributed by atoms with van der Waals surface area (Å²) >= 11 is 0. The fourth-order valence-electron chi connectivity index (χ4n) is 7.80. The van der Waals surface area contributed by atoms with E-state index in [1.165, 1.54) is 128 Å². The Bertz CT molecular complexity index is 1410. The summed E-state index contributed by atoms with van der Waals surface area (Å²) < 4.78 is 34.1. The van der Waals surface area contributed by atoms with Crippen molar-refractivity contribution in [1.29, 1.82) is 0 Å². The maximum Gasteiger partial charge on any atom is 0.306 e. The van der Waals surface area contributed by atoms with Gasteiger partial charge in [-0.2, -0.15) is 0 Å².